The number of benzene rings is 3. The number of aliphatic hydroxyl groups is 1. The van der Waals surface area contributed by atoms with E-state index in [-0.39, 0.29) is 24.0 Å². The second kappa shape index (κ2) is 11.2. The normalized spacial score (nSPS) is 16.8. The van der Waals surface area contributed by atoms with E-state index in [9.17, 15) is 14.7 Å². The van der Waals surface area contributed by atoms with E-state index in [0.717, 1.165) is 5.56 Å². The highest BCUT2D eigenvalue weighted by atomic mass is 16.5. The number of hydrogen-bond donors (Lipinski definition) is 1. The monoisotopic (exact) mass is 501 g/mol. The fourth-order valence-electron chi connectivity index (χ4n) is 4.44. The first-order valence-corrected chi connectivity index (χ1v) is 12.2. The van der Waals surface area contributed by atoms with Crippen molar-refractivity contribution >= 4 is 17.4 Å². The minimum atomic E-state index is -0.822. The molecule has 0 aromatic heterocycles. The molecule has 0 aliphatic carbocycles. The fraction of sp³-hybridized carbons (Fsp3) is 0.267. The molecule has 1 atom stereocenters. The predicted octanol–water partition coefficient (Wildman–Crippen LogP) is 5.50. The Labute approximate surface area is 216 Å². The fourth-order valence-corrected chi connectivity index (χ4v) is 4.44. The number of ketones is 1. The molecule has 0 spiro atoms. The SMILES string of the molecule is CCOc1cccc(/C(O)=C2/C(=O)C(=O)N(Cc3cccc(OC)c3)C2c2cccc(OC(C)C)c2)c1. The lowest BCUT2D eigenvalue weighted by Crippen LogP contribution is -2.29. The van der Waals surface area contributed by atoms with Crippen molar-refractivity contribution in [2.24, 2.45) is 0 Å². The van der Waals surface area contributed by atoms with E-state index in [4.69, 9.17) is 14.2 Å². The molecule has 1 heterocycles. The molecule has 7 nitrogen and oxygen atoms in total. The summed E-state index contributed by atoms with van der Waals surface area (Å²) < 4.78 is 16.8. The van der Waals surface area contributed by atoms with Gasteiger partial charge >= 0.3 is 0 Å². The molecule has 4 rings (SSSR count). The lowest BCUT2D eigenvalue weighted by atomic mass is 9.95. The third-order valence-corrected chi connectivity index (χ3v) is 5.99. The molecule has 1 unspecified atom stereocenters. The van der Waals surface area contributed by atoms with Crippen molar-refractivity contribution in [3.8, 4) is 17.2 Å². The number of rotatable bonds is 9. The number of amides is 1. The smallest absolute Gasteiger partial charge is 0.295 e. The van der Waals surface area contributed by atoms with Crippen molar-refractivity contribution < 1.29 is 28.9 Å². The van der Waals surface area contributed by atoms with E-state index in [1.54, 1.807) is 37.4 Å². The van der Waals surface area contributed by atoms with Crippen LogP contribution >= 0.6 is 0 Å². The Morgan fingerprint density at radius 1 is 0.946 bits per heavy atom. The number of likely N-dealkylation sites (tertiary alicyclic amines) is 1. The van der Waals surface area contributed by atoms with Crippen molar-refractivity contribution in [2.45, 2.75) is 39.5 Å². The van der Waals surface area contributed by atoms with Crippen LogP contribution in [0.15, 0.2) is 78.4 Å². The summed E-state index contributed by atoms with van der Waals surface area (Å²) >= 11 is 0. The molecule has 1 fully saturated rings. The highest BCUT2D eigenvalue weighted by Crippen LogP contribution is 2.41. The van der Waals surface area contributed by atoms with E-state index in [2.05, 4.69) is 0 Å². The first-order valence-electron chi connectivity index (χ1n) is 12.2. The van der Waals surface area contributed by atoms with Crippen LogP contribution in [0, 0.1) is 0 Å². The van der Waals surface area contributed by atoms with Crippen LogP contribution in [0.5, 0.6) is 17.2 Å². The number of Topliss-reactive ketones (excluding diaryl/α,β-unsaturated/α-hetero) is 1. The van der Waals surface area contributed by atoms with Crippen LogP contribution in [-0.4, -0.2) is 41.5 Å². The lowest BCUT2D eigenvalue weighted by Gasteiger charge is -2.26. The largest absolute Gasteiger partial charge is 0.507 e. The van der Waals surface area contributed by atoms with Gasteiger partial charge in [-0.2, -0.15) is 0 Å². The zero-order valence-corrected chi connectivity index (χ0v) is 21.4. The molecular weight excluding hydrogens is 470 g/mol. The van der Waals surface area contributed by atoms with Gasteiger partial charge in [0.1, 0.15) is 23.0 Å². The molecule has 3 aromatic rings. The molecular formula is C30H31NO6. The molecule has 1 saturated heterocycles. The van der Waals surface area contributed by atoms with Crippen LogP contribution in [-0.2, 0) is 16.1 Å². The van der Waals surface area contributed by atoms with Gasteiger partial charge in [-0.1, -0.05) is 36.4 Å². The van der Waals surface area contributed by atoms with E-state index in [0.29, 0.717) is 35.0 Å². The first kappa shape index (κ1) is 25.8. The van der Waals surface area contributed by atoms with Crippen LogP contribution in [0.25, 0.3) is 5.76 Å². The Bertz CT molecular complexity index is 1330. The van der Waals surface area contributed by atoms with Gasteiger partial charge in [0.05, 0.1) is 31.4 Å². The average Bonchev–Trinajstić information content (AvgIpc) is 3.13. The van der Waals surface area contributed by atoms with Gasteiger partial charge in [0.25, 0.3) is 11.7 Å². The highest BCUT2D eigenvalue weighted by Gasteiger charge is 2.46. The first-order chi connectivity index (χ1) is 17.8. The van der Waals surface area contributed by atoms with E-state index < -0.39 is 17.7 Å². The second-order valence-electron chi connectivity index (χ2n) is 8.98. The van der Waals surface area contributed by atoms with Gasteiger partial charge in [0, 0.05) is 12.1 Å². The number of methoxy groups -OCH3 is 1. The Balaban J connectivity index is 1.85. The Kier molecular flexibility index (Phi) is 7.82. The standard InChI is InChI=1S/C30H31NO6/c1-5-36-24-13-8-11-22(17-24)28(32)26-27(21-10-7-14-25(16-21)37-19(2)3)31(30(34)29(26)33)18-20-9-6-12-23(15-20)35-4/h6-17,19,27,32H,5,18H2,1-4H3/b28-26-. The number of carbonyl (C=O) groups excluding carboxylic acids is 2. The number of nitrogens with zero attached hydrogens (tertiary/aromatic N) is 1. The third kappa shape index (κ3) is 5.61. The molecule has 0 radical (unpaired) electrons. The molecule has 1 N–H and O–H groups in total. The van der Waals surface area contributed by atoms with Gasteiger partial charge in [-0.05, 0) is 68.3 Å². The van der Waals surface area contributed by atoms with Gasteiger partial charge in [-0.25, -0.2) is 0 Å². The van der Waals surface area contributed by atoms with Crippen LogP contribution in [0.3, 0.4) is 0 Å². The topological polar surface area (TPSA) is 85.3 Å². The average molecular weight is 502 g/mol. The number of aliphatic hydroxyl groups excluding tert-OH is 1. The zero-order chi connectivity index (χ0) is 26.5. The maximum Gasteiger partial charge on any atom is 0.295 e. The van der Waals surface area contributed by atoms with Crippen molar-refractivity contribution in [1.29, 1.82) is 0 Å². The van der Waals surface area contributed by atoms with Gasteiger partial charge < -0.3 is 24.2 Å². The van der Waals surface area contributed by atoms with Crippen molar-refractivity contribution in [3.63, 3.8) is 0 Å². The summed E-state index contributed by atoms with van der Waals surface area (Å²) in [5.41, 5.74) is 1.86. The summed E-state index contributed by atoms with van der Waals surface area (Å²) in [6.07, 6.45) is -0.0558. The van der Waals surface area contributed by atoms with Crippen molar-refractivity contribution in [3.05, 3.63) is 95.1 Å². The van der Waals surface area contributed by atoms with E-state index in [1.165, 1.54) is 4.90 Å². The number of carbonyl (C=O) groups is 2. The summed E-state index contributed by atoms with van der Waals surface area (Å²) in [5, 5.41) is 11.4. The molecule has 1 aliphatic heterocycles. The maximum absolute atomic E-state index is 13.4. The molecule has 0 saturated carbocycles. The second-order valence-corrected chi connectivity index (χ2v) is 8.98. The summed E-state index contributed by atoms with van der Waals surface area (Å²) in [6, 6.07) is 20.6. The molecule has 37 heavy (non-hydrogen) atoms. The maximum atomic E-state index is 13.4. The van der Waals surface area contributed by atoms with Crippen LogP contribution < -0.4 is 14.2 Å². The Morgan fingerprint density at radius 2 is 1.65 bits per heavy atom. The van der Waals surface area contributed by atoms with Crippen LogP contribution in [0.1, 0.15) is 43.5 Å². The van der Waals surface area contributed by atoms with E-state index in [1.807, 2.05) is 63.2 Å². The minimum Gasteiger partial charge on any atom is -0.507 e. The third-order valence-electron chi connectivity index (χ3n) is 5.99. The minimum absolute atomic E-state index is 0.0169. The summed E-state index contributed by atoms with van der Waals surface area (Å²) in [7, 11) is 1.57. The van der Waals surface area contributed by atoms with Crippen LogP contribution in [0.4, 0.5) is 0 Å². The van der Waals surface area contributed by atoms with Gasteiger partial charge in [0.15, 0.2) is 0 Å². The summed E-state index contributed by atoms with van der Waals surface area (Å²) in [5.74, 6) is 0.116. The molecule has 7 heteroatoms. The number of ether oxygens (including phenoxy) is 3. The summed E-state index contributed by atoms with van der Waals surface area (Å²) in [6.45, 7) is 6.32. The Morgan fingerprint density at radius 3 is 2.38 bits per heavy atom. The summed E-state index contributed by atoms with van der Waals surface area (Å²) in [4.78, 5) is 28.3. The number of hydrogen-bond acceptors (Lipinski definition) is 6. The van der Waals surface area contributed by atoms with Gasteiger partial charge in [-0.3, -0.25) is 9.59 Å². The van der Waals surface area contributed by atoms with Crippen molar-refractivity contribution in [2.75, 3.05) is 13.7 Å². The Hall–Kier alpha value is -4.26. The molecule has 3 aromatic carbocycles. The molecule has 192 valence electrons. The van der Waals surface area contributed by atoms with Gasteiger partial charge in [0.2, 0.25) is 0 Å². The van der Waals surface area contributed by atoms with Crippen LogP contribution in [0.2, 0.25) is 0 Å². The highest BCUT2D eigenvalue weighted by molar-refractivity contribution is 6.46. The van der Waals surface area contributed by atoms with Crippen molar-refractivity contribution in [1.82, 2.24) is 4.90 Å². The quantitative estimate of drug-likeness (QED) is 0.237. The zero-order valence-electron chi connectivity index (χ0n) is 21.4. The molecule has 0 bridgehead atoms. The van der Waals surface area contributed by atoms with Gasteiger partial charge in [-0.15, -0.1) is 0 Å². The lowest BCUT2D eigenvalue weighted by molar-refractivity contribution is -0.140. The predicted molar refractivity (Wildman–Crippen MR) is 141 cm³/mol. The van der Waals surface area contributed by atoms with E-state index >= 15 is 0 Å². The molecule has 1 amide bonds. The molecule has 1 aliphatic rings.